The molecule has 2 heterocycles. The first kappa shape index (κ1) is 29.7. The summed E-state index contributed by atoms with van der Waals surface area (Å²) in [5.74, 6) is -1.80. The number of aromatic carboxylic acids is 1. The molecule has 4 aromatic rings. The number of carboxylic acid groups (broad SMARTS) is 1. The number of fused-ring (bicyclic) bond motifs is 1. The number of benzene rings is 4. The summed E-state index contributed by atoms with van der Waals surface area (Å²) in [4.78, 5) is 25.7. The predicted molar refractivity (Wildman–Crippen MR) is 160 cm³/mol. The average molecular weight is 596 g/mol. The zero-order valence-corrected chi connectivity index (χ0v) is 23.9. The molecule has 6 rings (SSSR count). The Morgan fingerprint density at radius 2 is 1.30 bits per heavy atom. The number of rotatable bonds is 10. The fraction of sp³-hybridized carbons (Fsp3) is 0.257. The van der Waals surface area contributed by atoms with Gasteiger partial charge in [0, 0.05) is 5.56 Å². The molecule has 2 aliphatic rings. The van der Waals surface area contributed by atoms with Crippen LogP contribution in [0.4, 0.5) is 0 Å². The van der Waals surface area contributed by atoms with Gasteiger partial charge in [-0.1, -0.05) is 103 Å². The lowest BCUT2D eigenvalue weighted by atomic mass is 9.94. The third kappa shape index (κ3) is 6.88. The average Bonchev–Trinajstić information content (AvgIpc) is 3.08. The lowest BCUT2D eigenvalue weighted by molar-refractivity contribution is -0.350. The van der Waals surface area contributed by atoms with Crippen molar-refractivity contribution in [1.29, 1.82) is 0 Å². The molecule has 0 aromatic heterocycles. The van der Waals surface area contributed by atoms with Gasteiger partial charge in [-0.3, -0.25) is 4.79 Å². The van der Waals surface area contributed by atoms with Gasteiger partial charge in [0.15, 0.2) is 12.6 Å². The van der Waals surface area contributed by atoms with Crippen LogP contribution < -0.4 is 5.32 Å². The number of hydrogen-bond donors (Lipinski definition) is 2. The molecule has 0 radical (unpaired) electrons. The van der Waals surface area contributed by atoms with E-state index in [-0.39, 0.29) is 30.9 Å². The first-order chi connectivity index (χ1) is 21.6. The minimum atomic E-state index is -1.21. The Bertz CT molecular complexity index is 1530. The highest BCUT2D eigenvalue weighted by Crippen LogP contribution is 2.36. The molecule has 2 N–H and O–H groups in total. The van der Waals surface area contributed by atoms with Crippen molar-refractivity contribution < 1.29 is 38.4 Å². The van der Waals surface area contributed by atoms with E-state index in [1.54, 1.807) is 12.1 Å². The molecule has 2 fully saturated rings. The Balaban J connectivity index is 1.33. The zero-order valence-electron chi connectivity index (χ0n) is 23.9. The van der Waals surface area contributed by atoms with E-state index in [9.17, 15) is 14.7 Å². The number of amides is 1. The maximum absolute atomic E-state index is 13.7. The van der Waals surface area contributed by atoms with Crippen molar-refractivity contribution in [3.05, 3.63) is 143 Å². The molecule has 226 valence electrons. The fourth-order valence-corrected chi connectivity index (χ4v) is 5.46. The van der Waals surface area contributed by atoms with Crippen LogP contribution in [-0.2, 0) is 36.9 Å². The fourth-order valence-electron chi connectivity index (χ4n) is 5.46. The van der Waals surface area contributed by atoms with Gasteiger partial charge in [-0.2, -0.15) is 0 Å². The van der Waals surface area contributed by atoms with Gasteiger partial charge in [0.1, 0.15) is 24.4 Å². The predicted octanol–water partition coefficient (Wildman–Crippen LogP) is 5.12. The summed E-state index contributed by atoms with van der Waals surface area (Å²) in [6, 6.07) is 34.1. The van der Waals surface area contributed by atoms with E-state index >= 15 is 0 Å². The van der Waals surface area contributed by atoms with Crippen molar-refractivity contribution in [2.75, 3.05) is 6.61 Å². The largest absolute Gasteiger partial charge is 0.478 e. The van der Waals surface area contributed by atoms with Gasteiger partial charge in [-0.15, -0.1) is 0 Å². The third-order valence-electron chi connectivity index (χ3n) is 7.65. The molecule has 44 heavy (non-hydrogen) atoms. The number of nitrogens with one attached hydrogen (secondary N) is 1. The molecular weight excluding hydrogens is 562 g/mol. The highest BCUT2D eigenvalue weighted by molar-refractivity contribution is 6.04. The number of hydrogen-bond acceptors (Lipinski definition) is 7. The highest BCUT2D eigenvalue weighted by atomic mass is 16.7. The molecule has 4 aromatic carbocycles. The third-order valence-corrected chi connectivity index (χ3v) is 7.65. The van der Waals surface area contributed by atoms with Gasteiger partial charge < -0.3 is 34.1 Å². The van der Waals surface area contributed by atoms with Crippen LogP contribution in [0.2, 0.25) is 0 Å². The van der Waals surface area contributed by atoms with Crippen molar-refractivity contribution in [2.24, 2.45) is 0 Å². The van der Waals surface area contributed by atoms with E-state index in [1.807, 2.05) is 91.0 Å². The molecule has 6 atom stereocenters. The van der Waals surface area contributed by atoms with Crippen LogP contribution in [0, 0.1) is 0 Å². The second-order valence-electron chi connectivity index (χ2n) is 10.6. The van der Waals surface area contributed by atoms with Gasteiger partial charge in [-0.05, 0) is 23.3 Å². The first-order valence-electron chi connectivity index (χ1n) is 14.5. The van der Waals surface area contributed by atoms with E-state index in [0.29, 0.717) is 0 Å². The molecule has 0 bridgehead atoms. The van der Waals surface area contributed by atoms with Crippen LogP contribution >= 0.6 is 0 Å². The molecule has 9 nitrogen and oxygen atoms in total. The second kappa shape index (κ2) is 13.9. The van der Waals surface area contributed by atoms with E-state index < -0.39 is 48.8 Å². The van der Waals surface area contributed by atoms with Crippen molar-refractivity contribution in [3.63, 3.8) is 0 Å². The highest BCUT2D eigenvalue weighted by Gasteiger charge is 2.52. The maximum Gasteiger partial charge on any atom is 0.336 e. The molecule has 6 unspecified atom stereocenters. The molecule has 2 saturated heterocycles. The summed E-state index contributed by atoms with van der Waals surface area (Å²) < 4.78 is 31.8. The van der Waals surface area contributed by atoms with Crippen LogP contribution in [0.15, 0.2) is 115 Å². The van der Waals surface area contributed by atoms with Gasteiger partial charge in [-0.25, -0.2) is 4.79 Å². The minimum absolute atomic E-state index is 0.0146. The summed E-state index contributed by atoms with van der Waals surface area (Å²) >= 11 is 0. The van der Waals surface area contributed by atoms with E-state index in [4.69, 9.17) is 23.7 Å². The molecule has 0 saturated carbocycles. The molecular formula is C35H33NO8. The zero-order chi connectivity index (χ0) is 30.3. The summed E-state index contributed by atoms with van der Waals surface area (Å²) in [7, 11) is 0. The minimum Gasteiger partial charge on any atom is -0.478 e. The summed E-state index contributed by atoms with van der Waals surface area (Å²) in [6.07, 6.45) is -3.58. The Labute approximate surface area is 255 Å². The van der Waals surface area contributed by atoms with Crippen molar-refractivity contribution in [3.8, 4) is 0 Å². The van der Waals surface area contributed by atoms with E-state index in [1.165, 1.54) is 12.1 Å². The van der Waals surface area contributed by atoms with Crippen LogP contribution in [0.3, 0.4) is 0 Å². The standard InChI is InChI=1S/C35H33NO8/c37-32(26-18-10-11-19-27(26)33(38)39)36-29-31(40-20-23-12-4-1-5-13-23)30-28(22-42-34(44-30)25-16-8-3-9-17-25)43-35(29)41-21-24-14-6-2-7-15-24/h1-19,28-31,34-35H,20-22H2,(H,36,37)(H,38,39). The molecule has 0 spiro atoms. The SMILES string of the molecule is O=C(O)c1ccccc1C(=O)NC1C(OCc2ccccc2)OC2COC(c3ccccc3)OC2C1OCc1ccccc1. The number of carboxylic acids is 1. The maximum atomic E-state index is 13.7. The first-order valence-corrected chi connectivity index (χ1v) is 14.5. The Kier molecular flexibility index (Phi) is 9.40. The van der Waals surface area contributed by atoms with Crippen LogP contribution in [0.25, 0.3) is 0 Å². The van der Waals surface area contributed by atoms with Crippen molar-refractivity contribution in [1.82, 2.24) is 5.32 Å². The quantitative estimate of drug-likeness (QED) is 0.260. The normalized spacial score (nSPS) is 24.6. The smallest absolute Gasteiger partial charge is 0.336 e. The Morgan fingerprint density at radius 3 is 1.93 bits per heavy atom. The molecule has 2 aliphatic heterocycles. The Morgan fingerprint density at radius 1 is 0.727 bits per heavy atom. The van der Waals surface area contributed by atoms with Crippen molar-refractivity contribution in [2.45, 2.75) is 50.1 Å². The van der Waals surface area contributed by atoms with Crippen LogP contribution in [0.1, 0.15) is 43.7 Å². The lowest BCUT2D eigenvalue weighted by Gasteiger charge is -2.49. The van der Waals surface area contributed by atoms with Gasteiger partial charge in [0.25, 0.3) is 5.91 Å². The molecule has 1 amide bonds. The summed E-state index contributed by atoms with van der Waals surface area (Å²) in [6.45, 7) is 0.655. The topological polar surface area (TPSA) is 113 Å². The second-order valence-corrected chi connectivity index (χ2v) is 10.6. The van der Waals surface area contributed by atoms with Gasteiger partial charge in [0.2, 0.25) is 0 Å². The molecule has 0 aliphatic carbocycles. The van der Waals surface area contributed by atoms with Crippen molar-refractivity contribution >= 4 is 11.9 Å². The van der Waals surface area contributed by atoms with E-state index in [0.717, 1.165) is 16.7 Å². The Hall–Kier alpha value is -4.38. The summed E-state index contributed by atoms with van der Waals surface area (Å²) in [5, 5.41) is 12.7. The number of carbonyl (C=O) groups excluding carboxylic acids is 1. The number of carbonyl (C=O) groups is 2. The monoisotopic (exact) mass is 595 g/mol. The van der Waals surface area contributed by atoms with E-state index in [2.05, 4.69) is 5.32 Å². The summed E-state index contributed by atoms with van der Waals surface area (Å²) in [5.41, 5.74) is 2.59. The number of ether oxygens (including phenoxy) is 5. The van der Waals surface area contributed by atoms with Crippen LogP contribution in [0.5, 0.6) is 0 Å². The van der Waals surface area contributed by atoms with Gasteiger partial charge in [0.05, 0.1) is 30.9 Å². The molecule has 9 heteroatoms. The van der Waals surface area contributed by atoms with Gasteiger partial charge >= 0.3 is 5.97 Å². The van der Waals surface area contributed by atoms with Crippen LogP contribution in [-0.4, -0.2) is 54.2 Å². The lowest BCUT2D eigenvalue weighted by Crippen LogP contribution is -2.67.